The second kappa shape index (κ2) is 20.3. The minimum Gasteiger partial charge on any atom is -0.507 e. The van der Waals surface area contributed by atoms with Crippen LogP contribution in [-0.4, -0.2) is 5.11 Å². The van der Waals surface area contributed by atoms with Crippen LogP contribution in [0.5, 0.6) is 5.75 Å². The zero-order valence-electron chi connectivity index (χ0n) is 45.6. The van der Waals surface area contributed by atoms with Gasteiger partial charge in [-0.25, -0.2) is 0 Å². The summed E-state index contributed by atoms with van der Waals surface area (Å²) in [5, 5.41) is 12.7. The van der Waals surface area contributed by atoms with Gasteiger partial charge in [0.15, 0.2) is 0 Å². The molecule has 4 rings (SSSR count). The van der Waals surface area contributed by atoms with Crippen LogP contribution in [0.3, 0.4) is 0 Å². The van der Waals surface area contributed by atoms with E-state index in [1.807, 2.05) is 0 Å². The molecule has 354 valence electrons. The Bertz CT molecular complexity index is 1980. The molecule has 0 aliphatic heterocycles. The summed E-state index contributed by atoms with van der Waals surface area (Å²) in [7, 11) is 0. The molecule has 0 atom stereocenters. The minimum absolute atomic E-state index is 0.00572. The van der Waals surface area contributed by atoms with Gasteiger partial charge in [0.1, 0.15) is 5.75 Å². The van der Waals surface area contributed by atoms with E-state index in [1.54, 1.807) is 5.56 Å². The Morgan fingerprint density at radius 3 is 0.719 bits per heavy atom. The number of hydrogen-bond donors (Lipinski definition) is 1. The number of unbranched alkanes of at least 4 members (excludes halogenated alkanes) is 3. The highest BCUT2D eigenvalue weighted by atomic mass is 16.3. The molecule has 1 N–H and O–H groups in total. The Balaban J connectivity index is 2.06. The first-order valence-corrected chi connectivity index (χ1v) is 25.6. The van der Waals surface area contributed by atoms with Gasteiger partial charge >= 0.3 is 0 Å². The van der Waals surface area contributed by atoms with E-state index in [0.29, 0.717) is 18.6 Å². The van der Waals surface area contributed by atoms with Crippen LogP contribution in [0.2, 0.25) is 0 Å². The number of hydrogen-bond acceptors (Lipinski definition) is 1. The molecule has 0 saturated carbocycles. The normalized spacial score (nSPS) is 13.3. The SMILES string of the molecule is CCCCc1c(C(C)(C)C)cc(Cc2cc(Cc3cc(C(C)(C)C)c(CCCC)c(C(C)(C)C)c3)c(O)c(Cc3cc(C(C)(C)C)c(CCCC)c(C(C)(C)C)c3)c2)cc1C(C)(C)C. The number of benzene rings is 4. The maximum Gasteiger partial charge on any atom is 0.122 e. The fraction of sp³-hybridized carbons (Fsp3) is 0.619. The van der Waals surface area contributed by atoms with Crippen LogP contribution in [0.1, 0.15) is 267 Å². The van der Waals surface area contributed by atoms with Crippen molar-refractivity contribution in [2.24, 2.45) is 0 Å². The second-order valence-corrected chi connectivity index (χ2v) is 26.1. The van der Waals surface area contributed by atoms with E-state index in [9.17, 15) is 5.11 Å². The van der Waals surface area contributed by atoms with Crippen molar-refractivity contribution in [3.8, 4) is 5.75 Å². The Kier molecular flexibility index (Phi) is 16.9. The van der Waals surface area contributed by atoms with Gasteiger partial charge in [0.2, 0.25) is 0 Å². The zero-order chi connectivity index (χ0) is 48.4. The highest BCUT2D eigenvalue weighted by molar-refractivity contribution is 5.55. The van der Waals surface area contributed by atoms with Crippen LogP contribution < -0.4 is 0 Å². The molecule has 1 nitrogen and oxygen atoms in total. The lowest BCUT2D eigenvalue weighted by Gasteiger charge is -2.32. The van der Waals surface area contributed by atoms with Crippen molar-refractivity contribution >= 4 is 0 Å². The molecule has 4 aromatic rings. The third-order valence-electron chi connectivity index (χ3n) is 13.6. The Labute approximate surface area is 396 Å². The Morgan fingerprint density at radius 1 is 0.312 bits per heavy atom. The van der Waals surface area contributed by atoms with Crippen molar-refractivity contribution in [3.63, 3.8) is 0 Å². The fourth-order valence-electron chi connectivity index (χ4n) is 10.3. The molecule has 0 aliphatic rings. The third-order valence-corrected chi connectivity index (χ3v) is 13.6. The van der Waals surface area contributed by atoms with Crippen LogP contribution in [0, 0.1) is 0 Å². The zero-order valence-corrected chi connectivity index (χ0v) is 45.6. The number of aromatic hydroxyl groups is 1. The van der Waals surface area contributed by atoms with E-state index >= 15 is 0 Å². The van der Waals surface area contributed by atoms with Crippen molar-refractivity contribution in [3.05, 3.63) is 132 Å². The standard InChI is InChI=1S/C63H96O/c1-22-25-28-48-51(58(4,5)6)36-43(37-52(48)59(7,8)9)31-42-32-46(34-44-38-53(60(10,11)12)49(29-26-23-2)54(39-44)61(13,14)15)57(64)47(33-42)35-45-40-55(62(16,17)18)50(30-27-24-3)56(41-45)63(19,20)21/h32-33,36-41,64H,22-31,34-35H2,1-21H3. The number of rotatable bonds is 15. The predicted octanol–water partition coefficient (Wildman–Crippen LogP) is 18.0. The van der Waals surface area contributed by atoms with E-state index in [0.717, 1.165) is 36.8 Å². The van der Waals surface area contributed by atoms with Crippen LogP contribution in [-0.2, 0) is 71.0 Å². The number of phenolic OH excluding ortho intramolecular Hbond substituents is 1. The van der Waals surface area contributed by atoms with Crippen LogP contribution in [0.25, 0.3) is 0 Å². The average Bonchev–Trinajstić information content (AvgIpc) is 3.14. The van der Waals surface area contributed by atoms with Gasteiger partial charge in [-0.1, -0.05) is 213 Å². The van der Waals surface area contributed by atoms with Crippen molar-refractivity contribution in [2.45, 2.75) is 255 Å². The smallest absolute Gasteiger partial charge is 0.122 e. The third kappa shape index (κ3) is 13.4. The monoisotopic (exact) mass is 869 g/mol. The molecule has 0 radical (unpaired) electrons. The Morgan fingerprint density at radius 2 is 0.516 bits per heavy atom. The molecular formula is C63H96O. The molecule has 0 bridgehead atoms. The van der Waals surface area contributed by atoms with E-state index in [4.69, 9.17) is 0 Å². The van der Waals surface area contributed by atoms with Crippen molar-refractivity contribution in [1.29, 1.82) is 0 Å². The van der Waals surface area contributed by atoms with Gasteiger partial charge in [-0.15, -0.1) is 0 Å². The first-order valence-electron chi connectivity index (χ1n) is 25.6. The molecule has 0 aromatic heterocycles. The Hall–Kier alpha value is -3.32. The molecule has 64 heavy (non-hydrogen) atoms. The summed E-state index contributed by atoms with van der Waals surface area (Å²) in [6.07, 6.45) is 12.7. The van der Waals surface area contributed by atoms with E-state index in [2.05, 4.69) is 194 Å². The molecule has 4 aromatic carbocycles. The second-order valence-electron chi connectivity index (χ2n) is 26.1. The summed E-state index contributed by atoms with van der Waals surface area (Å²) in [5.74, 6) is 0.457. The topological polar surface area (TPSA) is 20.2 Å². The molecule has 0 fully saturated rings. The first kappa shape index (κ1) is 53.3. The van der Waals surface area contributed by atoms with E-state index in [-0.39, 0.29) is 32.5 Å². The lowest BCUT2D eigenvalue weighted by Crippen LogP contribution is -2.22. The summed E-state index contributed by atoms with van der Waals surface area (Å²) < 4.78 is 0. The molecule has 0 heterocycles. The van der Waals surface area contributed by atoms with Gasteiger partial charge in [0, 0.05) is 12.8 Å². The highest BCUT2D eigenvalue weighted by Gasteiger charge is 2.30. The fourth-order valence-corrected chi connectivity index (χ4v) is 10.3. The lowest BCUT2D eigenvalue weighted by atomic mass is 9.73. The largest absolute Gasteiger partial charge is 0.507 e. The molecule has 1 heteroatoms. The maximum atomic E-state index is 12.7. The van der Waals surface area contributed by atoms with Crippen LogP contribution >= 0.6 is 0 Å². The van der Waals surface area contributed by atoms with Crippen molar-refractivity contribution in [1.82, 2.24) is 0 Å². The summed E-state index contributed by atoms with van der Waals surface area (Å²) in [4.78, 5) is 0. The van der Waals surface area contributed by atoms with Gasteiger partial charge in [0.25, 0.3) is 0 Å². The van der Waals surface area contributed by atoms with Crippen LogP contribution in [0.4, 0.5) is 0 Å². The lowest BCUT2D eigenvalue weighted by molar-refractivity contribution is 0.463. The molecule has 0 spiro atoms. The molecule has 0 amide bonds. The van der Waals surface area contributed by atoms with Crippen molar-refractivity contribution < 1.29 is 5.11 Å². The molecule has 0 aliphatic carbocycles. The summed E-state index contributed by atoms with van der Waals surface area (Å²) in [6, 6.07) is 19.7. The van der Waals surface area contributed by atoms with Gasteiger partial charge in [-0.3, -0.25) is 0 Å². The first-order chi connectivity index (χ1) is 29.3. The minimum atomic E-state index is 0.00572. The quantitative estimate of drug-likeness (QED) is 0.126. The van der Waals surface area contributed by atoms with E-state index in [1.165, 1.54) is 105 Å². The summed E-state index contributed by atoms with van der Waals surface area (Å²) >= 11 is 0. The van der Waals surface area contributed by atoms with E-state index < -0.39 is 0 Å². The predicted molar refractivity (Wildman–Crippen MR) is 284 cm³/mol. The van der Waals surface area contributed by atoms with Gasteiger partial charge in [-0.05, 0) is 161 Å². The average molecular weight is 869 g/mol. The van der Waals surface area contributed by atoms with Gasteiger partial charge < -0.3 is 5.11 Å². The highest BCUT2D eigenvalue weighted by Crippen LogP contribution is 2.42. The maximum absolute atomic E-state index is 12.7. The number of phenols is 1. The molecular weight excluding hydrogens is 773 g/mol. The summed E-state index contributed by atoms with van der Waals surface area (Å²) in [6.45, 7) is 49.8. The summed E-state index contributed by atoms with van der Waals surface area (Å²) in [5.41, 5.74) is 20.8. The van der Waals surface area contributed by atoms with Gasteiger partial charge in [-0.2, -0.15) is 0 Å². The molecule has 0 saturated heterocycles. The van der Waals surface area contributed by atoms with Crippen molar-refractivity contribution in [2.75, 3.05) is 0 Å². The van der Waals surface area contributed by atoms with Crippen LogP contribution in [0.15, 0.2) is 48.5 Å². The van der Waals surface area contributed by atoms with Gasteiger partial charge in [0.05, 0.1) is 0 Å². The molecule has 0 unspecified atom stereocenters.